The summed E-state index contributed by atoms with van der Waals surface area (Å²) in [4.78, 5) is 17.6. The summed E-state index contributed by atoms with van der Waals surface area (Å²) < 4.78 is 18.8. The van der Waals surface area contributed by atoms with Crippen LogP contribution in [0, 0.1) is 11.7 Å². The molecule has 0 spiro atoms. The molecule has 1 aromatic carbocycles. The maximum Gasteiger partial charge on any atom is 0.407 e. The van der Waals surface area contributed by atoms with E-state index in [-0.39, 0.29) is 18.0 Å². The molecule has 29 heavy (non-hydrogen) atoms. The van der Waals surface area contributed by atoms with E-state index in [1.165, 1.54) is 10.4 Å². The molecule has 7 heteroatoms. The summed E-state index contributed by atoms with van der Waals surface area (Å²) in [5.74, 6) is 0.371. The first kappa shape index (κ1) is 20.1. The maximum absolute atomic E-state index is 13.8. The van der Waals surface area contributed by atoms with Gasteiger partial charge in [-0.2, -0.15) is 0 Å². The van der Waals surface area contributed by atoms with Gasteiger partial charge < -0.3 is 15.4 Å². The minimum Gasteiger partial charge on any atom is -0.450 e. The summed E-state index contributed by atoms with van der Waals surface area (Å²) in [6.45, 7) is 3.10. The average molecular weight is 418 g/mol. The third-order valence-corrected chi connectivity index (χ3v) is 6.93. The minimum atomic E-state index is -0.310. The summed E-state index contributed by atoms with van der Waals surface area (Å²) in [6, 6.07) is 5.28. The van der Waals surface area contributed by atoms with Gasteiger partial charge in [0.15, 0.2) is 5.13 Å². The Morgan fingerprint density at radius 3 is 2.90 bits per heavy atom. The van der Waals surface area contributed by atoms with Crippen LogP contribution in [0.4, 0.5) is 14.3 Å². The van der Waals surface area contributed by atoms with Crippen molar-refractivity contribution < 1.29 is 13.9 Å². The number of nitrogens with zero attached hydrogens (tertiary/aromatic N) is 1. The van der Waals surface area contributed by atoms with E-state index in [9.17, 15) is 9.18 Å². The number of anilines is 1. The highest BCUT2D eigenvalue weighted by Gasteiger charge is 2.24. The second-order valence-corrected chi connectivity index (χ2v) is 8.99. The van der Waals surface area contributed by atoms with E-state index in [1.54, 1.807) is 23.5 Å². The van der Waals surface area contributed by atoms with Crippen LogP contribution in [-0.4, -0.2) is 30.3 Å². The zero-order valence-electron chi connectivity index (χ0n) is 16.8. The maximum atomic E-state index is 13.8. The monoisotopic (exact) mass is 417 g/mol. The topological polar surface area (TPSA) is 63.2 Å². The molecule has 2 aliphatic rings. The van der Waals surface area contributed by atoms with Crippen molar-refractivity contribution in [1.82, 2.24) is 10.3 Å². The van der Waals surface area contributed by atoms with Gasteiger partial charge in [-0.3, -0.25) is 0 Å². The standard InChI is InChI=1S/C22H28FN3O2S/c1-2-28-22(27)25-17-10-6-14(7-11-17)13-24-21-26-20-18-12-16(23)9-8-15(18)4-3-5-19(20)29-21/h8-9,12,14,17H,2-7,10-11,13H2,1H3,(H,24,26)(H,25,27). The quantitative estimate of drug-likeness (QED) is 0.706. The Balaban J connectivity index is 1.33. The minimum absolute atomic E-state index is 0.202. The summed E-state index contributed by atoms with van der Waals surface area (Å²) in [5, 5.41) is 7.39. The molecular weight excluding hydrogens is 389 g/mol. The molecule has 4 rings (SSSR count). The normalized spacial score (nSPS) is 20.9. The van der Waals surface area contributed by atoms with Crippen LogP contribution in [0.15, 0.2) is 18.2 Å². The molecule has 1 saturated carbocycles. The molecule has 0 unspecified atom stereocenters. The van der Waals surface area contributed by atoms with E-state index in [1.807, 2.05) is 13.0 Å². The lowest BCUT2D eigenvalue weighted by molar-refractivity contribution is 0.143. The number of carbonyl (C=O) groups excluding carboxylic acids is 1. The van der Waals surface area contributed by atoms with Crippen LogP contribution >= 0.6 is 11.3 Å². The van der Waals surface area contributed by atoms with Gasteiger partial charge in [0, 0.05) is 23.0 Å². The Morgan fingerprint density at radius 1 is 1.28 bits per heavy atom. The van der Waals surface area contributed by atoms with Crippen LogP contribution < -0.4 is 10.6 Å². The number of nitrogens with one attached hydrogen (secondary N) is 2. The molecule has 156 valence electrons. The van der Waals surface area contributed by atoms with Crippen molar-refractivity contribution in [2.75, 3.05) is 18.5 Å². The lowest BCUT2D eigenvalue weighted by atomic mass is 9.86. The first-order valence-electron chi connectivity index (χ1n) is 10.6. The number of aryl methyl sites for hydroxylation is 2. The second kappa shape index (κ2) is 9.11. The van der Waals surface area contributed by atoms with Gasteiger partial charge in [-0.1, -0.05) is 6.07 Å². The Labute approximate surface area is 175 Å². The molecule has 2 aliphatic carbocycles. The van der Waals surface area contributed by atoms with Crippen molar-refractivity contribution in [3.8, 4) is 11.3 Å². The molecule has 1 amide bonds. The molecule has 0 aliphatic heterocycles. The summed E-state index contributed by atoms with van der Waals surface area (Å²) >= 11 is 1.70. The highest BCUT2D eigenvalue weighted by molar-refractivity contribution is 7.16. The molecule has 0 atom stereocenters. The number of ether oxygens (including phenoxy) is 1. The van der Waals surface area contributed by atoms with Crippen molar-refractivity contribution >= 4 is 22.6 Å². The van der Waals surface area contributed by atoms with E-state index in [0.29, 0.717) is 12.5 Å². The summed E-state index contributed by atoms with van der Waals surface area (Å²) in [7, 11) is 0. The van der Waals surface area contributed by atoms with Gasteiger partial charge in [-0.15, -0.1) is 11.3 Å². The molecular formula is C22H28FN3O2S. The summed E-state index contributed by atoms with van der Waals surface area (Å²) in [5.41, 5.74) is 3.09. The number of alkyl carbamates (subject to hydrolysis) is 1. The Morgan fingerprint density at radius 2 is 2.10 bits per heavy atom. The zero-order valence-corrected chi connectivity index (χ0v) is 17.6. The van der Waals surface area contributed by atoms with Crippen LogP contribution in [0.3, 0.4) is 0 Å². The van der Waals surface area contributed by atoms with Gasteiger partial charge in [0.1, 0.15) is 5.82 Å². The lowest BCUT2D eigenvalue weighted by Crippen LogP contribution is -2.38. The summed E-state index contributed by atoms with van der Waals surface area (Å²) in [6.07, 6.45) is 6.84. The fourth-order valence-electron chi connectivity index (χ4n) is 4.32. The fourth-order valence-corrected chi connectivity index (χ4v) is 5.34. The van der Waals surface area contributed by atoms with Crippen LogP contribution in [0.5, 0.6) is 0 Å². The number of amides is 1. The molecule has 2 N–H and O–H groups in total. The van der Waals surface area contributed by atoms with Crippen LogP contribution in [-0.2, 0) is 17.6 Å². The predicted molar refractivity (Wildman–Crippen MR) is 114 cm³/mol. The average Bonchev–Trinajstić information content (AvgIpc) is 3.04. The predicted octanol–water partition coefficient (Wildman–Crippen LogP) is 5.15. The molecule has 1 heterocycles. The number of fused-ring (bicyclic) bond motifs is 3. The number of aromatic nitrogens is 1. The first-order chi connectivity index (χ1) is 14.1. The van der Waals surface area contributed by atoms with E-state index in [4.69, 9.17) is 9.72 Å². The van der Waals surface area contributed by atoms with Crippen molar-refractivity contribution in [3.63, 3.8) is 0 Å². The highest BCUT2D eigenvalue weighted by atomic mass is 32.1. The number of rotatable bonds is 5. The second-order valence-electron chi connectivity index (χ2n) is 7.91. The third kappa shape index (κ3) is 4.89. The van der Waals surface area contributed by atoms with Crippen LogP contribution in [0.2, 0.25) is 0 Å². The number of carbonyl (C=O) groups is 1. The lowest BCUT2D eigenvalue weighted by Gasteiger charge is -2.28. The number of thiazole rings is 1. The highest BCUT2D eigenvalue weighted by Crippen LogP contribution is 2.37. The van der Waals surface area contributed by atoms with Crippen molar-refractivity contribution in [2.24, 2.45) is 5.92 Å². The molecule has 1 aromatic heterocycles. The third-order valence-electron chi connectivity index (χ3n) is 5.86. The van der Waals surface area contributed by atoms with Gasteiger partial charge in [-0.25, -0.2) is 14.2 Å². The molecule has 0 bridgehead atoms. The fraction of sp³-hybridized carbons (Fsp3) is 0.545. The first-order valence-corrected chi connectivity index (χ1v) is 11.4. The van der Waals surface area contributed by atoms with E-state index < -0.39 is 0 Å². The van der Waals surface area contributed by atoms with Gasteiger partial charge in [0.05, 0.1) is 12.3 Å². The number of hydrogen-bond acceptors (Lipinski definition) is 5. The van der Waals surface area contributed by atoms with Gasteiger partial charge in [0.25, 0.3) is 0 Å². The number of benzene rings is 1. The Hall–Kier alpha value is -2.15. The molecule has 0 saturated heterocycles. The molecule has 0 radical (unpaired) electrons. The van der Waals surface area contributed by atoms with E-state index in [0.717, 1.165) is 67.9 Å². The molecule has 2 aromatic rings. The zero-order chi connectivity index (χ0) is 20.2. The van der Waals surface area contributed by atoms with Crippen molar-refractivity contribution in [3.05, 3.63) is 34.5 Å². The molecule has 1 fully saturated rings. The Kier molecular flexibility index (Phi) is 6.33. The van der Waals surface area contributed by atoms with Crippen molar-refractivity contribution in [1.29, 1.82) is 0 Å². The largest absolute Gasteiger partial charge is 0.450 e. The van der Waals surface area contributed by atoms with Crippen LogP contribution in [0.1, 0.15) is 49.5 Å². The smallest absolute Gasteiger partial charge is 0.407 e. The van der Waals surface area contributed by atoms with Crippen LogP contribution in [0.25, 0.3) is 11.3 Å². The number of hydrogen-bond donors (Lipinski definition) is 2. The SMILES string of the molecule is CCOC(=O)NC1CCC(CNc2nc3c(s2)CCCc2ccc(F)cc2-3)CC1. The van der Waals surface area contributed by atoms with Crippen molar-refractivity contribution in [2.45, 2.75) is 57.9 Å². The van der Waals surface area contributed by atoms with E-state index in [2.05, 4.69) is 10.6 Å². The van der Waals surface area contributed by atoms with Gasteiger partial charge in [-0.05, 0) is 75.5 Å². The van der Waals surface area contributed by atoms with Gasteiger partial charge in [0.2, 0.25) is 0 Å². The Bertz CT molecular complexity index is 862. The van der Waals surface area contributed by atoms with Gasteiger partial charge >= 0.3 is 6.09 Å². The van der Waals surface area contributed by atoms with E-state index >= 15 is 0 Å². The molecule has 5 nitrogen and oxygen atoms in total. The number of halogens is 1.